The summed E-state index contributed by atoms with van der Waals surface area (Å²) in [5.41, 5.74) is 5.08. The third-order valence-electron chi connectivity index (χ3n) is 3.33. The SMILES string of the molecule is CC(=O)N(CCO)CCN(CCN(CC(N)=O)C(C)=O)C(C)=O. The molecule has 0 aliphatic heterocycles. The average Bonchev–Trinajstić information content (AvgIpc) is 2.43. The van der Waals surface area contributed by atoms with Crippen LogP contribution < -0.4 is 5.73 Å². The van der Waals surface area contributed by atoms with Gasteiger partial charge in [0.15, 0.2) is 0 Å². The van der Waals surface area contributed by atoms with E-state index in [0.29, 0.717) is 0 Å². The first-order valence-electron chi connectivity index (χ1n) is 7.34. The molecule has 132 valence electrons. The van der Waals surface area contributed by atoms with Crippen molar-refractivity contribution in [1.29, 1.82) is 0 Å². The Balaban J connectivity index is 4.61. The topological polar surface area (TPSA) is 124 Å². The molecule has 0 saturated carbocycles. The van der Waals surface area contributed by atoms with Crippen LogP contribution >= 0.6 is 0 Å². The summed E-state index contributed by atoms with van der Waals surface area (Å²) in [6, 6.07) is 0. The van der Waals surface area contributed by atoms with Crippen LogP contribution in [0.25, 0.3) is 0 Å². The smallest absolute Gasteiger partial charge is 0.237 e. The number of rotatable bonds is 10. The number of hydrogen-bond acceptors (Lipinski definition) is 5. The minimum absolute atomic E-state index is 0.156. The van der Waals surface area contributed by atoms with E-state index in [4.69, 9.17) is 10.8 Å². The fourth-order valence-corrected chi connectivity index (χ4v) is 1.99. The summed E-state index contributed by atoms with van der Waals surface area (Å²) >= 11 is 0. The Morgan fingerprint density at radius 1 is 0.739 bits per heavy atom. The van der Waals surface area contributed by atoms with E-state index in [2.05, 4.69) is 0 Å². The highest BCUT2D eigenvalue weighted by atomic mass is 16.3. The largest absolute Gasteiger partial charge is 0.395 e. The zero-order chi connectivity index (χ0) is 18.0. The molecule has 0 bridgehead atoms. The lowest BCUT2D eigenvalue weighted by atomic mass is 10.3. The summed E-state index contributed by atoms with van der Waals surface area (Å²) in [4.78, 5) is 49.6. The predicted molar refractivity (Wildman–Crippen MR) is 83.0 cm³/mol. The predicted octanol–water partition coefficient (Wildman–Crippen LogP) is -1.99. The van der Waals surface area contributed by atoms with Gasteiger partial charge >= 0.3 is 0 Å². The van der Waals surface area contributed by atoms with Crippen LogP contribution in [0.1, 0.15) is 20.8 Å². The summed E-state index contributed by atoms with van der Waals surface area (Å²) in [5, 5.41) is 8.92. The minimum Gasteiger partial charge on any atom is -0.395 e. The Kier molecular flexibility index (Phi) is 9.56. The van der Waals surface area contributed by atoms with Crippen LogP contribution in [0.3, 0.4) is 0 Å². The molecule has 0 rings (SSSR count). The molecule has 9 nitrogen and oxygen atoms in total. The van der Waals surface area contributed by atoms with Crippen molar-refractivity contribution in [1.82, 2.24) is 14.7 Å². The Bertz CT molecular complexity index is 441. The lowest BCUT2D eigenvalue weighted by Crippen LogP contribution is -2.45. The molecule has 0 atom stereocenters. The van der Waals surface area contributed by atoms with E-state index >= 15 is 0 Å². The van der Waals surface area contributed by atoms with E-state index in [9.17, 15) is 19.2 Å². The second kappa shape index (κ2) is 10.5. The van der Waals surface area contributed by atoms with Gasteiger partial charge in [0.1, 0.15) is 0 Å². The lowest BCUT2D eigenvalue weighted by molar-refractivity contribution is -0.136. The summed E-state index contributed by atoms with van der Waals surface area (Å²) in [6.45, 7) is 4.89. The van der Waals surface area contributed by atoms with E-state index in [0.717, 1.165) is 0 Å². The maximum absolute atomic E-state index is 11.7. The Hall–Kier alpha value is -2.16. The van der Waals surface area contributed by atoms with E-state index in [1.165, 1.54) is 35.5 Å². The van der Waals surface area contributed by atoms with Crippen molar-refractivity contribution in [2.45, 2.75) is 20.8 Å². The van der Waals surface area contributed by atoms with Gasteiger partial charge in [-0.15, -0.1) is 0 Å². The van der Waals surface area contributed by atoms with Crippen molar-refractivity contribution in [2.75, 3.05) is 45.9 Å². The number of carbonyl (C=O) groups is 4. The number of nitrogens with zero attached hydrogens (tertiary/aromatic N) is 3. The molecular formula is C14H26N4O5. The van der Waals surface area contributed by atoms with Gasteiger partial charge in [-0.1, -0.05) is 0 Å². The lowest BCUT2D eigenvalue weighted by Gasteiger charge is -2.28. The van der Waals surface area contributed by atoms with Crippen molar-refractivity contribution in [3.63, 3.8) is 0 Å². The molecule has 0 aromatic carbocycles. The number of hydrogen-bond donors (Lipinski definition) is 2. The maximum atomic E-state index is 11.7. The molecule has 0 spiro atoms. The first kappa shape index (κ1) is 20.8. The zero-order valence-corrected chi connectivity index (χ0v) is 13.9. The van der Waals surface area contributed by atoms with Gasteiger partial charge in [0, 0.05) is 53.5 Å². The van der Waals surface area contributed by atoms with Crippen molar-refractivity contribution >= 4 is 23.6 Å². The molecule has 23 heavy (non-hydrogen) atoms. The number of amides is 4. The maximum Gasteiger partial charge on any atom is 0.237 e. The van der Waals surface area contributed by atoms with Gasteiger partial charge in [-0.05, 0) is 0 Å². The molecule has 9 heteroatoms. The third kappa shape index (κ3) is 8.77. The monoisotopic (exact) mass is 330 g/mol. The first-order valence-corrected chi connectivity index (χ1v) is 7.34. The highest BCUT2D eigenvalue weighted by Crippen LogP contribution is 1.97. The van der Waals surface area contributed by atoms with Gasteiger partial charge in [-0.2, -0.15) is 0 Å². The fourth-order valence-electron chi connectivity index (χ4n) is 1.99. The van der Waals surface area contributed by atoms with Crippen LogP contribution in [0.5, 0.6) is 0 Å². The quantitative estimate of drug-likeness (QED) is 0.480. The molecule has 0 saturated heterocycles. The van der Waals surface area contributed by atoms with E-state index in [1.807, 2.05) is 0 Å². The fraction of sp³-hybridized carbons (Fsp3) is 0.714. The number of aliphatic hydroxyl groups is 1. The molecule has 4 amide bonds. The van der Waals surface area contributed by atoms with Crippen LogP contribution in [0.15, 0.2) is 0 Å². The molecule has 0 radical (unpaired) electrons. The van der Waals surface area contributed by atoms with Crippen molar-refractivity contribution in [3.8, 4) is 0 Å². The van der Waals surface area contributed by atoms with E-state index in [1.54, 1.807) is 0 Å². The summed E-state index contributed by atoms with van der Waals surface area (Å²) < 4.78 is 0. The Morgan fingerprint density at radius 3 is 1.39 bits per heavy atom. The number of aliphatic hydroxyl groups excluding tert-OH is 1. The van der Waals surface area contributed by atoms with Crippen LogP contribution in [0.2, 0.25) is 0 Å². The highest BCUT2D eigenvalue weighted by Gasteiger charge is 2.17. The molecule has 0 fully saturated rings. The summed E-state index contributed by atoms with van der Waals surface area (Å²) in [6.07, 6.45) is 0. The molecule has 0 heterocycles. The van der Waals surface area contributed by atoms with Crippen LogP contribution in [0, 0.1) is 0 Å². The molecule has 0 aromatic rings. The second-order valence-corrected chi connectivity index (χ2v) is 5.14. The highest BCUT2D eigenvalue weighted by molar-refractivity contribution is 5.82. The van der Waals surface area contributed by atoms with Crippen molar-refractivity contribution in [3.05, 3.63) is 0 Å². The zero-order valence-electron chi connectivity index (χ0n) is 13.9. The Morgan fingerprint density at radius 2 is 1.09 bits per heavy atom. The van der Waals surface area contributed by atoms with Gasteiger partial charge < -0.3 is 25.5 Å². The van der Waals surface area contributed by atoms with Crippen molar-refractivity contribution in [2.24, 2.45) is 5.73 Å². The van der Waals surface area contributed by atoms with Crippen LogP contribution in [-0.2, 0) is 19.2 Å². The summed E-state index contributed by atoms with van der Waals surface area (Å²) in [5.74, 6) is -1.33. The molecule has 0 aromatic heterocycles. The van der Waals surface area contributed by atoms with Gasteiger partial charge in [0.2, 0.25) is 23.6 Å². The number of carbonyl (C=O) groups excluding carboxylic acids is 4. The first-order chi connectivity index (χ1) is 10.7. The Labute approximate surface area is 136 Å². The molecular weight excluding hydrogens is 304 g/mol. The van der Waals surface area contributed by atoms with Gasteiger partial charge in [-0.3, -0.25) is 19.2 Å². The molecule has 0 aliphatic carbocycles. The number of nitrogens with two attached hydrogens (primary N) is 1. The van der Waals surface area contributed by atoms with E-state index in [-0.39, 0.29) is 63.6 Å². The van der Waals surface area contributed by atoms with Crippen LogP contribution in [0.4, 0.5) is 0 Å². The standard InChI is InChI=1S/C14H26N4O5/c1-11(20)16(4-5-17(8-9-19)12(2)21)6-7-18(13(3)22)10-14(15)23/h19H,4-10H2,1-3H3,(H2,15,23). The third-order valence-corrected chi connectivity index (χ3v) is 3.33. The van der Waals surface area contributed by atoms with Gasteiger partial charge in [0.25, 0.3) is 0 Å². The summed E-state index contributed by atoms with van der Waals surface area (Å²) in [7, 11) is 0. The molecule has 0 aliphatic rings. The average molecular weight is 330 g/mol. The minimum atomic E-state index is -0.625. The molecule has 0 unspecified atom stereocenters. The van der Waals surface area contributed by atoms with Gasteiger partial charge in [-0.25, -0.2) is 0 Å². The number of primary amides is 1. The molecule has 3 N–H and O–H groups in total. The normalized spacial score (nSPS) is 10.1. The van der Waals surface area contributed by atoms with Crippen LogP contribution in [-0.4, -0.2) is 89.3 Å². The van der Waals surface area contributed by atoms with E-state index < -0.39 is 5.91 Å². The van der Waals surface area contributed by atoms with Crippen molar-refractivity contribution < 1.29 is 24.3 Å². The van der Waals surface area contributed by atoms with Gasteiger partial charge in [0.05, 0.1) is 13.2 Å². The second-order valence-electron chi connectivity index (χ2n) is 5.14.